The van der Waals surface area contributed by atoms with Gasteiger partial charge in [0, 0.05) is 17.3 Å². The number of aryl methyl sites for hydroxylation is 1. The first kappa shape index (κ1) is 11.8. The summed E-state index contributed by atoms with van der Waals surface area (Å²) < 4.78 is 0. The fourth-order valence-electron chi connectivity index (χ4n) is 2.46. The van der Waals surface area contributed by atoms with Crippen molar-refractivity contribution in [2.24, 2.45) is 5.92 Å². The molecule has 1 aliphatic rings. The zero-order chi connectivity index (χ0) is 12.4. The minimum absolute atomic E-state index is 0.188. The van der Waals surface area contributed by atoms with Crippen molar-refractivity contribution in [2.45, 2.75) is 38.5 Å². The van der Waals surface area contributed by atoms with Gasteiger partial charge in [0.25, 0.3) is 0 Å². The summed E-state index contributed by atoms with van der Waals surface area (Å²) in [6.07, 6.45) is 3.19. The molecule has 0 amide bonds. The van der Waals surface area contributed by atoms with Crippen LogP contribution in [0.1, 0.15) is 43.0 Å². The van der Waals surface area contributed by atoms with Gasteiger partial charge in [0.15, 0.2) is 0 Å². The maximum Gasteiger partial charge on any atom is 0.306 e. The Labute approximate surface area is 100 Å². The van der Waals surface area contributed by atoms with Gasteiger partial charge in [-0.2, -0.15) is 0 Å². The third-order valence-corrected chi connectivity index (χ3v) is 3.39. The monoisotopic (exact) mass is 235 g/mol. The normalized spacial score (nSPS) is 24.5. The van der Waals surface area contributed by atoms with Crippen molar-refractivity contribution in [1.29, 1.82) is 0 Å². The molecule has 0 atom stereocenters. The van der Waals surface area contributed by atoms with E-state index >= 15 is 0 Å². The van der Waals surface area contributed by atoms with Gasteiger partial charge in [0.05, 0.1) is 5.92 Å². The van der Waals surface area contributed by atoms with Gasteiger partial charge in [0.1, 0.15) is 0 Å². The lowest BCUT2D eigenvalue weighted by Gasteiger charge is -2.25. The standard InChI is InChI=1S/C12H17N3O2/c1-7-6-10(15-12(13)14-7)8-2-4-9(5-3-8)11(16)17/h6,8-9H,2-5H2,1H3,(H,16,17)(H2,13,14,15). The van der Waals surface area contributed by atoms with Crippen LogP contribution in [0.5, 0.6) is 0 Å². The number of carboxylic acids is 1. The molecule has 1 saturated carbocycles. The predicted octanol–water partition coefficient (Wildman–Crippen LogP) is 1.73. The van der Waals surface area contributed by atoms with Crippen LogP contribution in [0.15, 0.2) is 6.07 Å². The third-order valence-electron chi connectivity index (χ3n) is 3.39. The van der Waals surface area contributed by atoms with Gasteiger partial charge in [-0.3, -0.25) is 4.79 Å². The molecule has 0 bridgehead atoms. The van der Waals surface area contributed by atoms with E-state index in [0.29, 0.717) is 11.9 Å². The Morgan fingerprint density at radius 2 is 2.00 bits per heavy atom. The number of hydrogen-bond acceptors (Lipinski definition) is 4. The molecule has 0 saturated heterocycles. The van der Waals surface area contributed by atoms with E-state index in [4.69, 9.17) is 10.8 Å². The van der Waals surface area contributed by atoms with Crippen LogP contribution in [0.2, 0.25) is 0 Å². The average Bonchev–Trinajstić information content (AvgIpc) is 2.28. The Kier molecular flexibility index (Phi) is 3.26. The number of aliphatic carboxylic acids is 1. The van der Waals surface area contributed by atoms with Crippen molar-refractivity contribution in [1.82, 2.24) is 9.97 Å². The van der Waals surface area contributed by atoms with Crippen LogP contribution in [-0.4, -0.2) is 21.0 Å². The van der Waals surface area contributed by atoms with Crippen molar-refractivity contribution in [2.75, 3.05) is 5.73 Å². The molecular weight excluding hydrogens is 218 g/mol. The Bertz CT molecular complexity index is 406. The van der Waals surface area contributed by atoms with Gasteiger partial charge in [-0.05, 0) is 38.7 Å². The van der Waals surface area contributed by atoms with Crippen molar-refractivity contribution < 1.29 is 9.90 Å². The minimum atomic E-state index is -0.679. The third kappa shape index (κ3) is 2.72. The summed E-state index contributed by atoms with van der Waals surface area (Å²) in [6, 6.07) is 1.95. The van der Waals surface area contributed by atoms with Crippen molar-refractivity contribution in [3.63, 3.8) is 0 Å². The molecule has 1 aromatic rings. The Hall–Kier alpha value is -1.65. The average molecular weight is 235 g/mol. The highest BCUT2D eigenvalue weighted by atomic mass is 16.4. The van der Waals surface area contributed by atoms with Crippen LogP contribution in [0.25, 0.3) is 0 Å². The molecule has 1 aromatic heterocycles. The first-order valence-electron chi connectivity index (χ1n) is 5.90. The zero-order valence-corrected chi connectivity index (χ0v) is 9.89. The highest BCUT2D eigenvalue weighted by molar-refractivity contribution is 5.70. The largest absolute Gasteiger partial charge is 0.481 e. The molecule has 2 rings (SSSR count). The molecule has 0 aliphatic heterocycles. The summed E-state index contributed by atoms with van der Waals surface area (Å²) in [5, 5.41) is 8.94. The molecule has 3 N–H and O–H groups in total. The summed E-state index contributed by atoms with van der Waals surface area (Å²) in [5.74, 6) is -0.233. The summed E-state index contributed by atoms with van der Waals surface area (Å²) in [4.78, 5) is 19.2. The number of rotatable bonds is 2. The number of carboxylic acid groups (broad SMARTS) is 1. The first-order chi connectivity index (χ1) is 8.06. The molecule has 1 heterocycles. The van der Waals surface area contributed by atoms with E-state index in [1.165, 1.54) is 0 Å². The quantitative estimate of drug-likeness (QED) is 0.814. The lowest BCUT2D eigenvalue weighted by Crippen LogP contribution is -2.21. The maximum atomic E-state index is 10.9. The number of carbonyl (C=O) groups is 1. The van der Waals surface area contributed by atoms with E-state index in [1.807, 2.05) is 13.0 Å². The van der Waals surface area contributed by atoms with E-state index in [0.717, 1.165) is 37.1 Å². The number of hydrogen-bond donors (Lipinski definition) is 2. The van der Waals surface area contributed by atoms with Gasteiger partial charge in [-0.15, -0.1) is 0 Å². The Morgan fingerprint density at radius 3 is 2.53 bits per heavy atom. The van der Waals surface area contributed by atoms with E-state index < -0.39 is 5.97 Å². The molecule has 0 aromatic carbocycles. The second-order valence-electron chi connectivity index (χ2n) is 4.68. The maximum absolute atomic E-state index is 10.9. The summed E-state index contributed by atoms with van der Waals surface area (Å²) in [7, 11) is 0. The van der Waals surface area contributed by atoms with Crippen LogP contribution in [0, 0.1) is 12.8 Å². The first-order valence-corrected chi connectivity index (χ1v) is 5.90. The molecular formula is C12H17N3O2. The molecule has 0 unspecified atom stereocenters. The Balaban J connectivity index is 2.07. The molecule has 5 heteroatoms. The molecule has 0 spiro atoms. The smallest absolute Gasteiger partial charge is 0.306 e. The van der Waals surface area contributed by atoms with Gasteiger partial charge in [-0.25, -0.2) is 9.97 Å². The van der Waals surface area contributed by atoms with E-state index in [2.05, 4.69) is 9.97 Å². The van der Waals surface area contributed by atoms with Crippen LogP contribution < -0.4 is 5.73 Å². The lowest BCUT2D eigenvalue weighted by atomic mass is 9.80. The summed E-state index contributed by atoms with van der Waals surface area (Å²) >= 11 is 0. The Morgan fingerprint density at radius 1 is 1.35 bits per heavy atom. The minimum Gasteiger partial charge on any atom is -0.481 e. The lowest BCUT2D eigenvalue weighted by molar-refractivity contribution is -0.142. The van der Waals surface area contributed by atoms with Crippen LogP contribution in [0.3, 0.4) is 0 Å². The predicted molar refractivity (Wildman–Crippen MR) is 63.5 cm³/mol. The number of nitrogens with zero attached hydrogens (tertiary/aromatic N) is 2. The van der Waals surface area contributed by atoms with Crippen LogP contribution in [-0.2, 0) is 4.79 Å². The van der Waals surface area contributed by atoms with Gasteiger partial charge >= 0.3 is 5.97 Å². The second kappa shape index (κ2) is 4.69. The zero-order valence-electron chi connectivity index (χ0n) is 9.89. The summed E-state index contributed by atoms with van der Waals surface area (Å²) in [6.45, 7) is 1.89. The SMILES string of the molecule is Cc1cc(C2CCC(C(=O)O)CC2)nc(N)n1. The molecule has 92 valence electrons. The molecule has 5 nitrogen and oxygen atoms in total. The topological polar surface area (TPSA) is 89.1 Å². The highest BCUT2D eigenvalue weighted by Gasteiger charge is 2.27. The van der Waals surface area contributed by atoms with Gasteiger partial charge in [0.2, 0.25) is 5.95 Å². The highest BCUT2D eigenvalue weighted by Crippen LogP contribution is 2.35. The van der Waals surface area contributed by atoms with E-state index in [1.54, 1.807) is 0 Å². The molecule has 1 fully saturated rings. The fourth-order valence-corrected chi connectivity index (χ4v) is 2.46. The number of nitrogen functional groups attached to an aromatic ring is 1. The fraction of sp³-hybridized carbons (Fsp3) is 0.583. The van der Waals surface area contributed by atoms with Crippen LogP contribution >= 0.6 is 0 Å². The molecule has 17 heavy (non-hydrogen) atoms. The van der Waals surface area contributed by atoms with Crippen molar-refractivity contribution in [3.8, 4) is 0 Å². The second-order valence-corrected chi connectivity index (χ2v) is 4.68. The number of aromatic nitrogens is 2. The summed E-state index contributed by atoms with van der Waals surface area (Å²) in [5.41, 5.74) is 7.45. The van der Waals surface area contributed by atoms with Gasteiger partial charge in [-0.1, -0.05) is 0 Å². The number of nitrogens with two attached hydrogens (primary N) is 1. The van der Waals surface area contributed by atoms with Gasteiger partial charge < -0.3 is 10.8 Å². The molecule has 0 radical (unpaired) electrons. The van der Waals surface area contributed by atoms with Crippen LogP contribution in [0.4, 0.5) is 5.95 Å². The van der Waals surface area contributed by atoms with Crippen molar-refractivity contribution >= 4 is 11.9 Å². The molecule has 1 aliphatic carbocycles. The van der Waals surface area contributed by atoms with E-state index in [-0.39, 0.29) is 5.92 Å². The van der Waals surface area contributed by atoms with E-state index in [9.17, 15) is 4.79 Å². The number of anilines is 1. The van der Waals surface area contributed by atoms with Crippen molar-refractivity contribution in [3.05, 3.63) is 17.5 Å².